The lowest BCUT2D eigenvalue weighted by Crippen LogP contribution is -2.02. The van der Waals surface area contributed by atoms with Gasteiger partial charge < -0.3 is 14.2 Å². The van der Waals surface area contributed by atoms with Crippen LogP contribution in [0.2, 0.25) is 0 Å². The Hall–Kier alpha value is -2.34. The van der Waals surface area contributed by atoms with Gasteiger partial charge in [0, 0.05) is 16.1 Å². The molecule has 0 aliphatic heterocycles. The Balaban J connectivity index is 1.97. The van der Waals surface area contributed by atoms with Gasteiger partial charge in [0.2, 0.25) is 0 Å². The highest BCUT2D eigenvalue weighted by molar-refractivity contribution is 9.10. The average Bonchev–Trinajstić information content (AvgIpc) is 2.60. The predicted octanol–water partition coefficient (Wildman–Crippen LogP) is 4.75. The molecule has 2 rings (SSSR count). The fourth-order valence-electron chi connectivity index (χ4n) is 2.06. The van der Waals surface area contributed by atoms with Crippen molar-refractivity contribution in [3.63, 3.8) is 0 Å². The summed E-state index contributed by atoms with van der Waals surface area (Å²) in [7, 11) is 1.55. The topological polar surface area (TPSA) is 44.8 Å². The van der Waals surface area contributed by atoms with Crippen LogP contribution in [0.15, 0.2) is 46.9 Å². The molecule has 0 saturated carbocycles. The summed E-state index contributed by atoms with van der Waals surface area (Å²) in [4.78, 5) is 11.8. The number of halogens is 2. The summed E-state index contributed by atoms with van der Waals surface area (Å²) in [6, 6.07) is 9.90. The molecule has 0 heterocycles. The molecule has 0 saturated heterocycles. The molecule has 4 nitrogen and oxygen atoms in total. The van der Waals surface area contributed by atoms with Gasteiger partial charge in [0.1, 0.15) is 12.4 Å². The zero-order valence-corrected chi connectivity index (χ0v) is 15.5. The van der Waals surface area contributed by atoms with E-state index in [1.807, 2.05) is 6.92 Å². The second kappa shape index (κ2) is 9.22. The summed E-state index contributed by atoms with van der Waals surface area (Å²) in [6.45, 7) is 2.29. The van der Waals surface area contributed by atoms with Crippen LogP contribution in [0.25, 0.3) is 6.08 Å². The minimum absolute atomic E-state index is 0.130. The van der Waals surface area contributed by atoms with E-state index < -0.39 is 11.8 Å². The van der Waals surface area contributed by atoms with Crippen molar-refractivity contribution >= 4 is 28.0 Å². The zero-order chi connectivity index (χ0) is 18.2. The molecule has 132 valence electrons. The molecule has 0 N–H and O–H groups in total. The third-order valence-electron chi connectivity index (χ3n) is 3.28. The van der Waals surface area contributed by atoms with E-state index >= 15 is 0 Å². The number of esters is 1. The third kappa shape index (κ3) is 5.60. The highest BCUT2D eigenvalue weighted by Crippen LogP contribution is 2.28. The molecule has 0 spiro atoms. The summed E-state index contributed by atoms with van der Waals surface area (Å²) in [6.07, 6.45) is 2.88. The Kier molecular flexibility index (Phi) is 7.01. The third-order valence-corrected chi connectivity index (χ3v) is 3.78. The standard InChI is InChI=1S/C19H18BrFO4/c1-3-24-17-8-4-13(10-18(17)23-2)5-9-19(22)25-12-14-6-7-15(20)11-16(14)21/h4-11H,3,12H2,1-2H3/b9-5+. The maximum absolute atomic E-state index is 13.7. The number of carbonyl (C=O) groups excluding carboxylic acids is 1. The molecule has 6 heteroatoms. The summed E-state index contributed by atoms with van der Waals surface area (Å²) >= 11 is 3.18. The molecule has 0 aliphatic carbocycles. The van der Waals surface area contributed by atoms with Gasteiger partial charge in [-0.1, -0.05) is 28.1 Å². The molecule has 0 amide bonds. The minimum atomic E-state index is -0.560. The number of ether oxygens (including phenoxy) is 3. The van der Waals surface area contributed by atoms with Crippen molar-refractivity contribution < 1.29 is 23.4 Å². The number of benzene rings is 2. The first kappa shape index (κ1) is 19.0. The monoisotopic (exact) mass is 408 g/mol. The van der Waals surface area contributed by atoms with E-state index in [9.17, 15) is 9.18 Å². The molecule has 0 aliphatic rings. The normalized spacial score (nSPS) is 10.7. The maximum atomic E-state index is 13.7. The van der Waals surface area contributed by atoms with Gasteiger partial charge in [-0.2, -0.15) is 0 Å². The highest BCUT2D eigenvalue weighted by Gasteiger charge is 2.06. The second-order valence-electron chi connectivity index (χ2n) is 5.02. The average molecular weight is 409 g/mol. The summed E-state index contributed by atoms with van der Waals surface area (Å²) < 4.78 is 30.0. The van der Waals surface area contributed by atoms with Crippen molar-refractivity contribution in [3.8, 4) is 11.5 Å². The molecule has 0 fully saturated rings. The number of rotatable bonds is 7. The minimum Gasteiger partial charge on any atom is -0.493 e. The van der Waals surface area contributed by atoms with Crippen LogP contribution in [0.3, 0.4) is 0 Å². The van der Waals surface area contributed by atoms with Crippen molar-refractivity contribution in [2.45, 2.75) is 13.5 Å². The van der Waals surface area contributed by atoms with Crippen LogP contribution in [0.4, 0.5) is 4.39 Å². The Morgan fingerprint density at radius 3 is 2.68 bits per heavy atom. The van der Waals surface area contributed by atoms with Crippen LogP contribution in [-0.4, -0.2) is 19.7 Å². The molecular weight excluding hydrogens is 391 g/mol. The Morgan fingerprint density at radius 2 is 2.00 bits per heavy atom. The van der Waals surface area contributed by atoms with E-state index in [0.29, 0.717) is 28.1 Å². The first-order chi connectivity index (χ1) is 12.0. The van der Waals surface area contributed by atoms with Gasteiger partial charge in [0.25, 0.3) is 0 Å². The maximum Gasteiger partial charge on any atom is 0.331 e. The van der Waals surface area contributed by atoms with Crippen LogP contribution >= 0.6 is 15.9 Å². The van der Waals surface area contributed by atoms with E-state index in [1.54, 1.807) is 43.5 Å². The largest absolute Gasteiger partial charge is 0.493 e. The molecular formula is C19H18BrFO4. The van der Waals surface area contributed by atoms with Gasteiger partial charge in [-0.05, 0) is 42.8 Å². The van der Waals surface area contributed by atoms with Gasteiger partial charge >= 0.3 is 5.97 Å². The Bertz CT molecular complexity index is 774. The number of carbonyl (C=O) groups is 1. The molecule has 0 radical (unpaired) electrons. The SMILES string of the molecule is CCOc1ccc(/C=C/C(=O)OCc2ccc(Br)cc2F)cc1OC. The van der Waals surface area contributed by atoms with Gasteiger partial charge in [-0.25, -0.2) is 9.18 Å². The molecule has 2 aromatic rings. The zero-order valence-electron chi connectivity index (χ0n) is 13.9. The first-order valence-corrected chi connectivity index (χ1v) is 8.42. The molecule has 25 heavy (non-hydrogen) atoms. The lowest BCUT2D eigenvalue weighted by atomic mass is 10.2. The molecule has 0 bridgehead atoms. The highest BCUT2D eigenvalue weighted by atomic mass is 79.9. The number of methoxy groups -OCH3 is 1. The molecule has 0 atom stereocenters. The van der Waals surface area contributed by atoms with Gasteiger partial charge in [0.15, 0.2) is 11.5 Å². The van der Waals surface area contributed by atoms with Crippen molar-refractivity contribution in [1.82, 2.24) is 0 Å². The van der Waals surface area contributed by atoms with Gasteiger partial charge in [-0.15, -0.1) is 0 Å². The van der Waals surface area contributed by atoms with Crippen LogP contribution in [0.1, 0.15) is 18.1 Å². The summed E-state index contributed by atoms with van der Waals surface area (Å²) in [5.74, 6) is 0.224. The predicted molar refractivity (Wildman–Crippen MR) is 97.1 cm³/mol. The van der Waals surface area contributed by atoms with E-state index in [2.05, 4.69) is 15.9 Å². The molecule has 2 aromatic carbocycles. The van der Waals surface area contributed by atoms with E-state index in [1.165, 1.54) is 12.1 Å². The van der Waals surface area contributed by atoms with Crippen molar-refractivity contribution in [2.24, 2.45) is 0 Å². The quantitative estimate of drug-likeness (QED) is 0.489. The van der Waals surface area contributed by atoms with Crippen LogP contribution in [0.5, 0.6) is 11.5 Å². The van der Waals surface area contributed by atoms with Crippen molar-refractivity contribution in [1.29, 1.82) is 0 Å². The van der Waals surface area contributed by atoms with Gasteiger partial charge in [-0.3, -0.25) is 0 Å². The van der Waals surface area contributed by atoms with Crippen LogP contribution in [0, 0.1) is 5.82 Å². The number of hydrogen-bond donors (Lipinski definition) is 0. The Morgan fingerprint density at radius 1 is 1.20 bits per heavy atom. The van der Waals surface area contributed by atoms with E-state index in [-0.39, 0.29) is 6.61 Å². The lowest BCUT2D eigenvalue weighted by molar-refractivity contribution is -0.138. The smallest absolute Gasteiger partial charge is 0.331 e. The van der Waals surface area contributed by atoms with Crippen LogP contribution < -0.4 is 9.47 Å². The first-order valence-electron chi connectivity index (χ1n) is 7.63. The van der Waals surface area contributed by atoms with Crippen molar-refractivity contribution in [3.05, 3.63) is 63.9 Å². The van der Waals surface area contributed by atoms with Gasteiger partial charge in [0.05, 0.1) is 13.7 Å². The molecule has 0 unspecified atom stereocenters. The molecule has 0 aromatic heterocycles. The second-order valence-corrected chi connectivity index (χ2v) is 5.94. The lowest BCUT2D eigenvalue weighted by Gasteiger charge is -2.09. The number of hydrogen-bond acceptors (Lipinski definition) is 4. The fourth-order valence-corrected chi connectivity index (χ4v) is 2.40. The fraction of sp³-hybridized carbons (Fsp3) is 0.211. The van der Waals surface area contributed by atoms with Crippen LogP contribution in [-0.2, 0) is 16.1 Å². The van der Waals surface area contributed by atoms with Crippen molar-refractivity contribution in [2.75, 3.05) is 13.7 Å². The van der Waals surface area contributed by atoms with E-state index in [0.717, 1.165) is 5.56 Å². The summed E-state index contributed by atoms with van der Waals surface area (Å²) in [5.41, 5.74) is 1.07. The summed E-state index contributed by atoms with van der Waals surface area (Å²) in [5, 5.41) is 0. The van der Waals surface area contributed by atoms with E-state index in [4.69, 9.17) is 14.2 Å². The Labute approximate surface area is 154 Å².